The number of carbonyl (C=O) groups excluding carboxylic acids is 3. The van der Waals surface area contributed by atoms with E-state index in [1.807, 2.05) is 0 Å². The van der Waals surface area contributed by atoms with Gasteiger partial charge in [0.25, 0.3) is 11.8 Å². The SMILES string of the molecule is O=C(NC1CCCC1)C1CCCCC1CN1C(=O)c2ccccc2C1=O. The third-order valence-electron chi connectivity index (χ3n) is 6.24. The van der Waals surface area contributed by atoms with Crippen LogP contribution in [0, 0.1) is 11.8 Å². The summed E-state index contributed by atoms with van der Waals surface area (Å²) in [5.74, 6) is -0.337. The number of hydrogen-bond acceptors (Lipinski definition) is 3. The lowest BCUT2D eigenvalue weighted by atomic mass is 9.78. The summed E-state index contributed by atoms with van der Waals surface area (Å²) in [6.07, 6.45) is 8.37. The zero-order chi connectivity index (χ0) is 18.1. The molecule has 2 atom stereocenters. The predicted molar refractivity (Wildman–Crippen MR) is 97.7 cm³/mol. The van der Waals surface area contributed by atoms with Crippen molar-refractivity contribution in [3.63, 3.8) is 0 Å². The first-order valence-corrected chi connectivity index (χ1v) is 9.91. The van der Waals surface area contributed by atoms with Crippen LogP contribution in [0.4, 0.5) is 0 Å². The van der Waals surface area contributed by atoms with E-state index < -0.39 is 0 Å². The molecule has 5 heteroatoms. The number of amides is 3. The van der Waals surface area contributed by atoms with Crippen molar-refractivity contribution in [2.45, 2.75) is 57.4 Å². The van der Waals surface area contributed by atoms with Crippen molar-refractivity contribution in [2.75, 3.05) is 6.54 Å². The number of imide groups is 1. The molecule has 1 aromatic carbocycles. The summed E-state index contributed by atoms with van der Waals surface area (Å²) in [6, 6.07) is 7.30. The molecular formula is C21H26N2O3. The van der Waals surface area contributed by atoms with E-state index in [9.17, 15) is 14.4 Å². The first-order chi connectivity index (χ1) is 12.6. The van der Waals surface area contributed by atoms with Crippen LogP contribution in [0.3, 0.4) is 0 Å². The molecule has 26 heavy (non-hydrogen) atoms. The largest absolute Gasteiger partial charge is 0.353 e. The number of rotatable bonds is 4. The minimum Gasteiger partial charge on any atom is -0.353 e. The second kappa shape index (κ2) is 7.22. The summed E-state index contributed by atoms with van der Waals surface area (Å²) < 4.78 is 0. The Hall–Kier alpha value is -2.17. The van der Waals surface area contributed by atoms with Crippen molar-refractivity contribution in [3.8, 4) is 0 Å². The molecule has 1 N–H and O–H groups in total. The minimum atomic E-state index is -0.217. The van der Waals surface area contributed by atoms with E-state index >= 15 is 0 Å². The molecule has 0 saturated heterocycles. The van der Waals surface area contributed by atoms with Crippen molar-refractivity contribution in [1.82, 2.24) is 10.2 Å². The van der Waals surface area contributed by atoms with Crippen LogP contribution >= 0.6 is 0 Å². The van der Waals surface area contributed by atoms with Crippen LogP contribution in [0.5, 0.6) is 0 Å². The molecule has 5 nitrogen and oxygen atoms in total. The molecule has 1 heterocycles. The van der Waals surface area contributed by atoms with Gasteiger partial charge in [-0.2, -0.15) is 0 Å². The Morgan fingerprint density at radius 3 is 2.15 bits per heavy atom. The summed E-state index contributed by atoms with van der Waals surface area (Å²) in [5.41, 5.74) is 0.973. The molecule has 0 bridgehead atoms. The molecule has 2 aliphatic carbocycles. The van der Waals surface area contributed by atoms with Gasteiger partial charge in [0.15, 0.2) is 0 Å². The van der Waals surface area contributed by atoms with Crippen LogP contribution in [-0.2, 0) is 4.79 Å². The Labute approximate surface area is 154 Å². The Bertz CT molecular complexity index is 689. The molecule has 0 radical (unpaired) electrons. The first kappa shape index (κ1) is 17.3. The molecule has 1 aliphatic heterocycles. The van der Waals surface area contributed by atoms with E-state index in [2.05, 4.69) is 5.32 Å². The third-order valence-corrected chi connectivity index (χ3v) is 6.24. The molecule has 0 spiro atoms. The quantitative estimate of drug-likeness (QED) is 0.845. The fourth-order valence-electron chi connectivity index (χ4n) is 4.79. The Morgan fingerprint density at radius 2 is 1.50 bits per heavy atom. The van der Waals surface area contributed by atoms with Crippen LogP contribution in [0.1, 0.15) is 72.1 Å². The van der Waals surface area contributed by atoms with Gasteiger partial charge in [-0.3, -0.25) is 19.3 Å². The average molecular weight is 354 g/mol. The molecule has 2 fully saturated rings. The van der Waals surface area contributed by atoms with E-state index in [0.717, 1.165) is 38.5 Å². The van der Waals surface area contributed by atoms with Crippen LogP contribution in [0.25, 0.3) is 0 Å². The van der Waals surface area contributed by atoms with Gasteiger partial charge >= 0.3 is 0 Å². The van der Waals surface area contributed by atoms with E-state index in [0.29, 0.717) is 23.7 Å². The summed E-state index contributed by atoms with van der Waals surface area (Å²) in [7, 11) is 0. The first-order valence-electron chi connectivity index (χ1n) is 9.91. The van der Waals surface area contributed by atoms with Gasteiger partial charge < -0.3 is 5.32 Å². The monoisotopic (exact) mass is 354 g/mol. The van der Waals surface area contributed by atoms with E-state index in [1.54, 1.807) is 24.3 Å². The molecular weight excluding hydrogens is 328 g/mol. The third kappa shape index (κ3) is 3.15. The summed E-state index contributed by atoms with van der Waals surface area (Å²) >= 11 is 0. The maximum atomic E-state index is 12.8. The molecule has 2 saturated carbocycles. The Kier molecular flexibility index (Phi) is 4.79. The molecule has 0 aromatic heterocycles. The Morgan fingerprint density at radius 1 is 0.923 bits per heavy atom. The molecule has 3 amide bonds. The summed E-state index contributed by atoms with van der Waals surface area (Å²) in [4.78, 5) is 39.5. The van der Waals surface area contributed by atoms with Crippen molar-refractivity contribution < 1.29 is 14.4 Å². The van der Waals surface area contributed by atoms with Crippen LogP contribution < -0.4 is 5.32 Å². The lowest BCUT2D eigenvalue weighted by Crippen LogP contribution is -2.45. The molecule has 3 aliphatic rings. The minimum absolute atomic E-state index is 0.0624. The summed E-state index contributed by atoms with van der Waals surface area (Å²) in [6.45, 7) is 0.356. The summed E-state index contributed by atoms with van der Waals surface area (Å²) in [5, 5.41) is 3.22. The number of benzene rings is 1. The number of hydrogen-bond donors (Lipinski definition) is 1. The van der Waals surface area contributed by atoms with Crippen molar-refractivity contribution in [1.29, 1.82) is 0 Å². The highest BCUT2D eigenvalue weighted by atomic mass is 16.2. The lowest BCUT2D eigenvalue weighted by Gasteiger charge is -2.33. The van der Waals surface area contributed by atoms with Crippen molar-refractivity contribution >= 4 is 17.7 Å². The average Bonchev–Trinajstić information content (AvgIpc) is 3.25. The van der Waals surface area contributed by atoms with Gasteiger partial charge in [-0.25, -0.2) is 0 Å². The number of carbonyl (C=O) groups is 3. The van der Waals surface area contributed by atoms with Crippen LogP contribution in [0.2, 0.25) is 0 Å². The van der Waals surface area contributed by atoms with Gasteiger partial charge in [-0.05, 0) is 43.7 Å². The Balaban J connectivity index is 1.46. The lowest BCUT2D eigenvalue weighted by molar-refractivity contribution is -0.128. The fourth-order valence-corrected chi connectivity index (χ4v) is 4.79. The topological polar surface area (TPSA) is 66.5 Å². The predicted octanol–water partition coefficient (Wildman–Crippen LogP) is 3.15. The van der Waals surface area contributed by atoms with Gasteiger partial charge in [0.05, 0.1) is 11.1 Å². The van der Waals surface area contributed by atoms with Crippen molar-refractivity contribution in [3.05, 3.63) is 35.4 Å². The molecule has 1 aromatic rings. The van der Waals surface area contributed by atoms with E-state index in [4.69, 9.17) is 0 Å². The van der Waals surface area contributed by atoms with Gasteiger partial charge in [-0.15, -0.1) is 0 Å². The highest BCUT2D eigenvalue weighted by Gasteiger charge is 2.40. The van der Waals surface area contributed by atoms with Crippen molar-refractivity contribution in [2.24, 2.45) is 11.8 Å². The number of nitrogens with one attached hydrogen (secondary N) is 1. The fraction of sp³-hybridized carbons (Fsp3) is 0.571. The normalized spacial score (nSPS) is 26.2. The maximum Gasteiger partial charge on any atom is 0.261 e. The van der Waals surface area contributed by atoms with Crippen LogP contribution in [-0.4, -0.2) is 35.2 Å². The zero-order valence-corrected chi connectivity index (χ0v) is 15.1. The molecule has 4 rings (SSSR count). The maximum absolute atomic E-state index is 12.8. The molecule has 138 valence electrons. The smallest absolute Gasteiger partial charge is 0.261 e. The van der Waals surface area contributed by atoms with Gasteiger partial charge in [-0.1, -0.05) is 37.8 Å². The van der Waals surface area contributed by atoms with E-state index in [-0.39, 0.29) is 29.6 Å². The van der Waals surface area contributed by atoms with Gasteiger partial charge in [0.2, 0.25) is 5.91 Å². The van der Waals surface area contributed by atoms with Gasteiger partial charge in [0.1, 0.15) is 0 Å². The van der Waals surface area contributed by atoms with Crippen LogP contribution in [0.15, 0.2) is 24.3 Å². The highest BCUT2D eigenvalue weighted by Crippen LogP contribution is 2.34. The standard InChI is InChI=1S/C21H26N2O3/c24-19(22-15-8-2-3-9-15)16-10-4-1-7-14(16)13-23-20(25)17-11-5-6-12-18(17)21(23)26/h5-6,11-12,14-16H,1-4,7-10,13H2,(H,22,24). The zero-order valence-electron chi connectivity index (χ0n) is 15.1. The highest BCUT2D eigenvalue weighted by molar-refractivity contribution is 6.21. The molecule has 2 unspecified atom stereocenters. The van der Waals surface area contributed by atoms with E-state index in [1.165, 1.54) is 17.7 Å². The number of fused-ring (bicyclic) bond motifs is 1. The number of nitrogens with zero attached hydrogens (tertiary/aromatic N) is 1. The van der Waals surface area contributed by atoms with Gasteiger partial charge in [0, 0.05) is 18.5 Å². The second-order valence-electron chi connectivity index (χ2n) is 7.91. The second-order valence-corrected chi connectivity index (χ2v) is 7.91.